The van der Waals surface area contributed by atoms with Crippen molar-refractivity contribution < 1.29 is 9.59 Å². The zero-order valence-electron chi connectivity index (χ0n) is 15.0. The molecule has 2 aliphatic rings. The SMILES string of the molecule is CCN(CC)C(=O)c1ccc(C(=O)N2CCC3CCC(C2)N3)cc1.Cl. The van der Waals surface area contributed by atoms with E-state index in [1.54, 1.807) is 29.2 Å². The number of amides is 2. The minimum Gasteiger partial charge on any atom is -0.339 e. The summed E-state index contributed by atoms with van der Waals surface area (Å²) >= 11 is 0. The van der Waals surface area contributed by atoms with Gasteiger partial charge in [-0.3, -0.25) is 9.59 Å². The van der Waals surface area contributed by atoms with Crippen LogP contribution in [0.3, 0.4) is 0 Å². The van der Waals surface area contributed by atoms with Crippen LogP contribution < -0.4 is 5.32 Å². The maximum atomic E-state index is 12.8. The van der Waals surface area contributed by atoms with Crippen LogP contribution >= 0.6 is 12.4 Å². The molecule has 2 saturated heterocycles. The Balaban J connectivity index is 0.00000225. The number of likely N-dealkylation sites (tertiary alicyclic amines) is 1. The zero-order chi connectivity index (χ0) is 17.1. The van der Waals surface area contributed by atoms with Gasteiger partial charge in [-0.15, -0.1) is 12.4 Å². The van der Waals surface area contributed by atoms with E-state index in [-0.39, 0.29) is 24.2 Å². The highest BCUT2D eigenvalue weighted by atomic mass is 35.5. The van der Waals surface area contributed by atoms with Gasteiger partial charge in [0.2, 0.25) is 0 Å². The average Bonchev–Trinajstić information content (AvgIpc) is 2.94. The molecular formula is C19H28ClN3O2. The standard InChI is InChI=1S/C19H27N3O2.ClH/c1-3-21(4-2)18(23)14-5-7-15(8-6-14)19(24)22-12-11-16-9-10-17(13-22)20-16;/h5-8,16-17,20H,3-4,9-13H2,1-2H3;1H. The third kappa shape index (κ3) is 4.33. The predicted molar refractivity (Wildman–Crippen MR) is 101 cm³/mol. The van der Waals surface area contributed by atoms with Gasteiger partial charge in [0.25, 0.3) is 11.8 Å². The molecule has 0 radical (unpaired) electrons. The lowest BCUT2D eigenvalue weighted by molar-refractivity contribution is 0.0743. The molecule has 3 rings (SSSR count). The number of carbonyl (C=O) groups is 2. The van der Waals surface area contributed by atoms with Crippen LogP contribution in [0.15, 0.2) is 24.3 Å². The molecule has 1 aromatic rings. The third-order valence-corrected chi connectivity index (χ3v) is 5.24. The second kappa shape index (κ2) is 8.68. The fourth-order valence-electron chi connectivity index (χ4n) is 3.76. The summed E-state index contributed by atoms with van der Waals surface area (Å²) in [6.45, 7) is 6.93. The van der Waals surface area contributed by atoms with Crippen LogP contribution in [0, 0.1) is 0 Å². The Morgan fingerprint density at radius 2 is 1.64 bits per heavy atom. The van der Waals surface area contributed by atoms with E-state index in [1.165, 1.54) is 6.42 Å². The quantitative estimate of drug-likeness (QED) is 0.892. The largest absolute Gasteiger partial charge is 0.339 e. The average molecular weight is 366 g/mol. The number of hydrogen-bond donors (Lipinski definition) is 1. The molecule has 25 heavy (non-hydrogen) atoms. The number of halogens is 1. The number of nitrogens with zero attached hydrogens (tertiary/aromatic N) is 2. The topological polar surface area (TPSA) is 52.7 Å². The van der Waals surface area contributed by atoms with Gasteiger partial charge in [-0.25, -0.2) is 0 Å². The Kier molecular flexibility index (Phi) is 6.85. The van der Waals surface area contributed by atoms with Gasteiger partial charge >= 0.3 is 0 Å². The molecule has 138 valence electrons. The minimum atomic E-state index is 0. The molecule has 2 atom stereocenters. The van der Waals surface area contributed by atoms with Gasteiger partial charge in [0.15, 0.2) is 0 Å². The molecule has 2 fully saturated rings. The molecule has 0 aliphatic carbocycles. The molecule has 6 heteroatoms. The van der Waals surface area contributed by atoms with E-state index in [4.69, 9.17) is 0 Å². The van der Waals surface area contributed by atoms with Gasteiger partial charge in [-0.1, -0.05) is 0 Å². The summed E-state index contributed by atoms with van der Waals surface area (Å²) in [5.74, 6) is 0.0986. The highest BCUT2D eigenvalue weighted by molar-refractivity contribution is 5.97. The Hall–Kier alpha value is -1.59. The summed E-state index contributed by atoms with van der Waals surface area (Å²) in [5.41, 5.74) is 1.32. The van der Waals surface area contributed by atoms with Crippen molar-refractivity contribution in [2.45, 2.75) is 45.2 Å². The molecule has 2 aliphatic heterocycles. The Morgan fingerprint density at radius 3 is 2.28 bits per heavy atom. The molecule has 2 heterocycles. The Morgan fingerprint density at radius 1 is 1.04 bits per heavy atom. The highest BCUT2D eigenvalue weighted by Gasteiger charge is 2.31. The second-order valence-corrected chi connectivity index (χ2v) is 6.73. The lowest BCUT2D eigenvalue weighted by Gasteiger charge is -2.24. The van der Waals surface area contributed by atoms with Crippen LogP contribution in [0.1, 0.15) is 53.8 Å². The summed E-state index contributed by atoms with van der Waals surface area (Å²) in [6, 6.07) is 8.13. The van der Waals surface area contributed by atoms with Crippen LogP contribution in [0.5, 0.6) is 0 Å². The molecule has 0 spiro atoms. The summed E-state index contributed by atoms with van der Waals surface area (Å²) in [5, 5.41) is 3.59. The molecule has 1 aromatic carbocycles. The van der Waals surface area contributed by atoms with E-state index in [2.05, 4.69) is 5.32 Å². The van der Waals surface area contributed by atoms with Crippen molar-refractivity contribution in [1.29, 1.82) is 0 Å². The molecule has 2 amide bonds. The smallest absolute Gasteiger partial charge is 0.253 e. The lowest BCUT2D eigenvalue weighted by atomic mass is 10.1. The predicted octanol–water partition coefficient (Wildman–Crippen LogP) is 2.56. The van der Waals surface area contributed by atoms with Crippen molar-refractivity contribution in [3.8, 4) is 0 Å². The van der Waals surface area contributed by atoms with Crippen molar-refractivity contribution in [2.24, 2.45) is 0 Å². The van der Waals surface area contributed by atoms with Gasteiger partial charge in [0.05, 0.1) is 0 Å². The number of hydrogen-bond acceptors (Lipinski definition) is 3. The molecule has 5 nitrogen and oxygen atoms in total. The van der Waals surface area contributed by atoms with E-state index >= 15 is 0 Å². The van der Waals surface area contributed by atoms with Gasteiger partial charge in [-0.05, 0) is 57.4 Å². The molecular weight excluding hydrogens is 338 g/mol. The van der Waals surface area contributed by atoms with Gasteiger partial charge in [-0.2, -0.15) is 0 Å². The number of benzene rings is 1. The van der Waals surface area contributed by atoms with Crippen LogP contribution in [-0.4, -0.2) is 59.9 Å². The van der Waals surface area contributed by atoms with Crippen molar-refractivity contribution in [2.75, 3.05) is 26.2 Å². The third-order valence-electron chi connectivity index (χ3n) is 5.24. The summed E-state index contributed by atoms with van der Waals surface area (Å²) in [6.07, 6.45) is 3.42. The van der Waals surface area contributed by atoms with Crippen molar-refractivity contribution in [3.63, 3.8) is 0 Å². The monoisotopic (exact) mass is 365 g/mol. The van der Waals surface area contributed by atoms with E-state index in [1.807, 2.05) is 18.7 Å². The van der Waals surface area contributed by atoms with Gasteiger partial charge < -0.3 is 15.1 Å². The van der Waals surface area contributed by atoms with Crippen LogP contribution in [0.4, 0.5) is 0 Å². The van der Waals surface area contributed by atoms with Crippen molar-refractivity contribution >= 4 is 24.2 Å². The molecule has 1 N–H and O–H groups in total. The maximum absolute atomic E-state index is 12.8. The second-order valence-electron chi connectivity index (χ2n) is 6.73. The molecule has 0 aromatic heterocycles. The maximum Gasteiger partial charge on any atom is 0.253 e. The Bertz CT molecular complexity index is 601. The summed E-state index contributed by atoms with van der Waals surface area (Å²) < 4.78 is 0. The minimum absolute atomic E-state index is 0. The Labute approximate surface area is 156 Å². The van der Waals surface area contributed by atoms with Gasteiger partial charge in [0, 0.05) is 49.4 Å². The normalized spacial score (nSPS) is 22.1. The fraction of sp³-hybridized carbons (Fsp3) is 0.579. The number of nitrogens with one attached hydrogen (secondary N) is 1. The van der Waals surface area contributed by atoms with Crippen molar-refractivity contribution in [1.82, 2.24) is 15.1 Å². The molecule has 2 bridgehead atoms. The first-order chi connectivity index (χ1) is 11.6. The molecule has 0 saturated carbocycles. The van der Waals surface area contributed by atoms with Crippen LogP contribution in [0.2, 0.25) is 0 Å². The van der Waals surface area contributed by atoms with Crippen LogP contribution in [0.25, 0.3) is 0 Å². The van der Waals surface area contributed by atoms with E-state index in [9.17, 15) is 9.59 Å². The highest BCUT2D eigenvalue weighted by Crippen LogP contribution is 2.21. The van der Waals surface area contributed by atoms with E-state index < -0.39 is 0 Å². The van der Waals surface area contributed by atoms with Crippen LogP contribution in [-0.2, 0) is 0 Å². The van der Waals surface area contributed by atoms with E-state index in [0.717, 1.165) is 25.9 Å². The number of fused-ring (bicyclic) bond motifs is 2. The fourth-order valence-corrected chi connectivity index (χ4v) is 3.76. The lowest BCUT2D eigenvalue weighted by Crippen LogP contribution is -2.39. The first-order valence-corrected chi connectivity index (χ1v) is 9.07. The zero-order valence-corrected chi connectivity index (χ0v) is 15.8. The number of rotatable bonds is 4. The molecule has 2 unspecified atom stereocenters. The summed E-state index contributed by atoms with van der Waals surface area (Å²) in [4.78, 5) is 28.8. The number of carbonyl (C=O) groups excluding carboxylic acids is 2. The van der Waals surface area contributed by atoms with Gasteiger partial charge in [0.1, 0.15) is 0 Å². The first-order valence-electron chi connectivity index (χ1n) is 9.07. The summed E-state index contributed by atoms with van der Waals surface area (Å²) in [7, 11) is 0. The van der Waals surface area contributed by atoms with E-state index in [0.29, 0.717) is 36.3 Å². The van der Waals surface area contributed by atoms with Crippen molar-refractivity contribution in [3.05, 3.63) is 35.4 Å². The first kappa shape index (κ1) is 19.7.